The van der Waals surface area contributed by atoms with Crippen molar-refractivity contribution >= 4 is 53.0 Å². The first-order chi connectivity index (χ1) is 20.6. The minimum atomic E-state index is -1.84. The van der Waals surface area contributed by atoms with E-state index in [1.807, 2.05) is 0 Å². The number of alkyl carbamates (subject to hydrolysis) is 1. The third-order valence-electron chi connectivity index (χ3n) is 7.18. The van der Waals surface area contributed by atoms with Gasteiger partial charge in [0.15, 0.2) is 10.7 Å². The van der Waals surface area contributed by atoms with Crippen molar-refractivity contribution in [2.75, 3.05) is 0 Å². The Labute approximate surface area is 278 Å². The fourth-order valence-electron chi connectivity index (χ4n) is 5.64. The highest BCUT2D eigenvalue weighted by atomic mass is 35.5. The number of carbonyl (C=O) groups excluding carboxylic acids is 3. The van der Waals surface area contributed by atoms with Crippen molar-refractivity contribution in [1.82, 2.24) is 20.1 Å². The van der Waals surface area contributed by atoms with Crippen LogP contribution >= 0.6 is 35.0 Å². The van der Waals surface area contributed by atoms with Crippen molar-refractivity contribution in [3.05, 3.63) is 40.1 Å². The topological polar surface area (TPSA) is 131 Å². The van der Waals surface area contributed by atoms with Gasteiger partial charge in [-0.3, -0.25) is 4.79 Å². The number of halogens is 2. The van der Waals surface area contributed by atoms with Crippen LogP contribution in [0.15, 0.2) is 29.7 Å². The van der Waals surface area contributed by atoms with E-state index >= 15 is 0 Å². The van der Waals surface area contributed by atoms with Crippen LogP contribution in [-0.4, -0.2) is 66.5 Å². The van der Waals surface area contributed by atoms with Gasteiger partial charge in [0.1, 0.15) is 29.2 Å². The van der Waals surface area contributed by atoms with E-state index in [2.05, 4.69) is 15.4 Å². The molecular weight excluding hydrogens is 643 g/mol. The number of esters is 2. The van der Waals surface area contributed by atoms with E-state index in [1.165, 1.54) is 18.1 Å². The van der Waals surface area contributed by atoms with Gasteiger partial charge in [-0.25, -0.2) is 19.3 Å². The molecule has 45 heavy (non-hydrogen) atoms. The van der Waals surface area contributed by atoms with Gasteiger partial charge in [-0.05, 0) is 85.9 Å². The molecule has 0 spiro atoms. The number of amides is 1. The summed E-state index contributed by atoms with van der Waals surface area (Å²) in [7, 11) is 1.74. The number of nitrogens with one attached hydrogen (secondary N) is 1. The van der Waals surface area contributed by atoms with Gasteiger partial charge >= 0.3 is 18.0 Å². The molecule has 14 heteroatoms. The van der Waals surface area contributed by atoms with Crippen LogP contribution in [0.3, 0.4) is 0 Å². The maximum atomic E-state index is 14.5. The number of nitrogens with zero attached hydrogens (tertiary/aromatic N) is 3. The molecule has 2 saturated carbocycles. The molecule has 0 bridgehead atoms. The van der Waals surface area contributed by atoms with Gasteiger partial charge in [0.05, 0.1) is 22.6 Å². The first kappa shape index (κ1) is 35.3. The normalized spacial score (nSPS) is 26.2. The lowest BCUT2D eigenvalue weighted by molar-refractivity contribution is -0.173. The average molecular weight is 686 g/mol. The van der Waals surface area contributed by atoms with Crippen molar-refractivity contribution in [2.45, 2.75) is 108 Å². The number of fused-ring (bicyclic) bond motifs is 1. The lowest BCUT2D eigenvalue weighted by atomic mass is 9.86. The van der Waals surface area contributed by atoms with Crippen LogP contribution in [0.5, 0.6) is 0 Å². The summed E-state index contributed by atoms with van der Waals surface area (Å²) in [5.74, 6) is -3.17. The zero-order chi connectivity index (χ0) is 33.7. The summed E-state index contributed by atoms with van der Waals surface area (Å²) < 4.78 is 25.6. The van der Waals surface area contributed by atoms with Gasteiger partial charge in [0, 0.05) is 18.2 Å². The van der Waals surface area contributed by atoms with Crippen LogP contribution in [0.4, 0.5) is 4.79 Å². The van der Waals surface area contributed by atoms with Crippen molar-refractivity contribution < 1.29 is 33.3 Å². The molecule has 6 unspecified atom stereocenters. The number of hydrogen-bond acceptors (Lipinski definition) is 10. The van der Waals surface area contributed by atoms with Crippen LogP contribution in [0.2, 0.25) is 10.0 Å². The SMILES string of the molecule is Cn1ncnc1SC1C2C(C(=O)OC(C)(C)C)C2C(NC(=O)OC(C)(C)C)(C(=O)OC(C)(C)C)C1OCc1ccc(Cl)c(Cl)c1. The monoisotopic (exact) mass is 684 g/mol. The summed E-state index contributed by atoms with van der Waals surface area (Å²) >= 11 is 13.7. The summed E-state index contributed by atoms with van der Waals surface area (Å²) in [4.78, 5) is 46.1. The number of aryl methyl sites for hydroxylation is 1. The van der Waals surface area contributed by atoms with Crippen molar-refractivity contribution in [3.63, 3.8) is 0 Å². The second kappa shape index (κ2) is 12.6. The van der Waals surface area contributed by atoms with Crippen LogP contribution in [0.25, 0.3) is 0 Å². The summed E-state index contributed by atoms with van der Waals surface area (Å²) in [6, 6.07) is 5.08. The summed E-state index contributed by atoms with van der Waals surface area (Å²) in [6.45, 7) is 15.7. The van der Waals surface area contributed by atoms with E-state index in [4.69, 9.17) is 42.1 Å². The van der Waals surface area contributed by atoms with Crippen molar-refractivity contribution in [3.8, 4) is 0 Å². The highest BCUT2D eigenvalue weighted by Gasteiger charge is 2.81. The van der Waals surface area contributed by atoms with Crippen LogP contribution < -0.4 is 5.32 Å². The van der Waals surface area contributed by atoms with Gasteiger partial charge < -0.3 is 24.3 Å². The predicted molar refractivity (Wildman–Crippen MR) is 170 cm³/mol. The standard InChI is InChI=1S/C31H42Cl2N4O7S/c1-28(2,3)42-24(38)20-19-21(20)31(25(39)43-29(4,5)6,36-27(40)44-30(7,8)9)23(22(19)45-26-34-15-35-37(26)10)41-14-16-11-12-17(32)18(33)13-16/h11-13,15,19-23H,14H2,1-10H3,(H,36,40). The molecule has 1 heterocycles. The zero-order valence-electron chi connectivity index (χ0n) is 27.3. The maximum Gasteiger partial charge on any atom is 0.408 e. The second-order valence-electron chi connectivity index (χ2n) is 14.4. The number of aromatic nitrogens is 3. The molecule has 0 saturated heterocycles. The van der Waals surface area contributed by atoms with Gasteiger partial charge in [0.25, 0.3) is 0 Å². The van der Waals surface area contributed by atoms with E-state index in [9.17, 15) is 14.4 Å². The number of benzene rings is 1. The highest BCUT2D eigenvalue weighted by Crippen LogP contribution is 2.67. The van der Waals surface area contributed by atoms with Gasteiger partial charge in [-0.15, -0.1) is 0 Å². The smallest absolute Gasteiger partial charge is 0.408 e. The predicted octanol–water partition coefficient (Wildman–Crippen LogP) is 5.99. The Kier molecular flexibility index (Phi) is 9.87. The fourth-order valence-corrected chi connectivity index (χ4v) is 7.43. The number of thioether (sulfide) groups is 1. The van der Waals surface area contributed by atoms with Crippen LogP contribution in [0, 0.1) is 17.8 Å². The number of rotatable bonds is 8. The Bertz CT molecular complexity index is 1450. The van der Waals surface area contributed by atoms with Gasteiger partial charge in [-0.2, -0.15) is 5.10 Å². The molecule has 2 aliphatic carbocycles. The van der Waals surface area contributed by atoms with E-state index in [-0.39, 0.29) is 6.61 Å². The molecule has 1 amide bonds. The minimum Gasteiger partial charge on any atom is -0.460 e. The first-order valence-electron chi connectivity index (χ1n) is 14.7. The van der Waals surface area contributed by atoms with E-state index < -0.39 is 69.5 Å². The van der Waals surface area contributed by atoms with Crippen LogP contribution in [0.1, 0.15) is 67.9 Å². The lowest BCUT2D eigenvalue weighted by Gasteiger charge is -2.41. The third kappa shape index (κ3) is 8.07. The third-order valence-corrected chi connectivity index (χ3v) is 9.33. The summed E-state index contributed by atoms with van der Waals surface area (Å²) in [5.41, 5.74) is -3.75. The van der Waals surface area contributed by atoms with Crippen molar-refractivity contribution in [1.29, 1.82) is 0 Å². The maximum absolute atomic E-state index is 14.5. The Balaban J connectivity index is 1.86. The Hall–Kier alpha value is -2.54. The molecule has 2 aliphatic rings. The molecule has 1 N–H and O–H groups in total. The Morgan fingerprint density at radius 1 is 0.956 bits per heavy atom. The number of ether oxygens (including phenoxy) is 4. The molecule has 4 rings (SSSR count). The summed E-state index contributed by atoms with van der Waals surface area (Å²) in [5, 5.41) is 7.75. The second-order valence-corrected chi connectivity index (χ2v) is 16.3. The van der Waals surface area contributed by atoms with E-state index in [0.29, 0.717) is 20.8 Å². The fraction of sp³-hybridized carbons (Fsp3) is 0.645. The highest BCUT2D eigenvalue weighted by molar-refractivity contribution is 7.99. The molecule has 0 radical (unpaired) electrons. The van der Waals surface area contributed by atoms with Crippen LogP contribution in [-0.2, 0) is 42.2 Å². The summed E-state index contributed by atoms with van der Waals surface area (Å²) in [6.07, 6.45) is -0.447. The number of hydrogen-bond donors (Lipinski definition) is 1. The lowest BCUT2D eigenvalue weighted by Crippen LogP contribution is -2.66. The van der Waals surface area contributed by atoms with Gasteiger partial charge in [-0.1, -0.05) is 41.0 Å². The molecule has 1 aromatic heterocycles. The molecule has 2 fully saturated rings. The molecule has 11 nitrogen and oxygen atoms in total. The first-order valence-corrected chi connectivity index (χ1v) is 16.3. The molecule has 248 valence electrons. The Morgan fingerprint density at radius 3 is 2.11 bits per heavy atom. The van der Waals surface area contributed by atoms with E-state index in [0.717, 1.165) is 0 Å². The van der Waals surface area contributed by atoms with Gasteiger partial charge in [0.2, 0.25) is 0 Å². The minimum absolute atomic E-state index is 0.00845. The van der Waals surface area contributed by atoms with Crippen molar-refractivity contribution in [2.24, 2.45) is 24.8 Å². The molecular formula is C31H42Cl2N4O7S. The quantitative estimate of drug-likeness (QED) is 0.261. The Morgan fingerprint density at radius 2 is 1.58 bits per heavy atom. The molecule has 0 aliphatic heterocycles. The molecule has 6 atom stereocenters. The average Bonchev–Trinajstić information content (AvgIpc) is 3.39. The molecule has 2 aromatic rings. The van der Waals surface area contributed by atoms with E-state index in [1.54, 1.807) is 92.2 Å². The zero-order valence-corrected chi connectivity index (χ0v) is 29.6. The largest absolute Gasteiger partial charge is 0.460 e. The number of carbonyl (C=O) groups is 3. The molecule has 1 aromatic carbocycles.